The normalized spacial score (nSPS) is 10.4. The minimum absolute atomic E-state index is 0.148. The Bertz CT molecular complexity index is 812. The van der Waals surface area contributed by atoms with Crippen LogP contribution >= 0.6 is 12.1 Å². The van der Waals surface area contributed by atoms with Crippen LogP contribution in [0.15, 0.2) is 59.8 Å². The molecule has 1 heterocycles. The Morgan fingerprint density at radius 1 is 1.00 bits per heavy atom. The molecule has 24 heavy (non-hydrogen) atoms. The zero-order valence-corrected chi connectivity index (χ0v) is 13.2. The van der Waals surface area contributed by atoms with E-state index in [1.54, 1.807) is 24.3 Å². The lowest BCUT2D eigenvalue weighted by atomic mass is 10.1. The topological polar surface area (TPSA) is 80.7 Å². The Morgan fingerprint density at radius 2 is 1.67 bits per heavy atom. The van der Waals surface area contributed by atoms with Crippen molar-refractivity contribution in [1.29, 1.82) is 0 Å². The lowest BCUT2D eigenvalue weighted by molar-refractivity contribution is 0.0951. The molecule has 1 N–H and O–H groups in total. The smallest absolute Gasteiger partial charge is 0.251 e. The quantitative estimate of drug-likeness (QED) is 0.768. The molecule has 120 valence electrons. The summed E-state index contributed by atoms with van der Waals surface area (Å²) in [5, 5.41) is 18.0. The van der Waals surface area contributed by atoms with Gasteiger partial charge in [-0.25, -0.2) is 0 Å². The van der Waals surface area contributed by atoms with Crippen molar-refractivity contribution in [2.75, 3.05) is 0 Å². The van der Waals surface area contributed by atoms with Crippen molar-refractivity contribution in [3.63, 3.8) is 0 Å². The summed E-state index contributed by atoms with van der Waals surface area (Å²) in [5.41, 5.74) is 2.21. The summed E-state index contributed by atoms with van der Waals surface area (Å²) >= 11 is 0.148. The van der Waals surface area contributed by atoms with Crippen molar-refractivity contribution < 1.29 is 8.68 Å². The Morgan fingerprint density at radius 3 is 2.29 bits per heavy atom. The molecule has 6 nitrogen and oxygen atoms in total. The molecule has 0 spiro atoms. The molecule has 0 fully saturated rings. The molecule has 0 radical (unpaired) electrons. The minimum Gasteiger partial charge on any atom is -0.348 e. The van der Waals surface area contributed by atoms with Crippen LogP contribution in [0.2, 0.25) is 0 Å². The molecule has 0 aliphatic rings. The summed E-state index contributed by atoms with van der Waals surface area (Å²) in [6, 6.07) is 13.7. The van der Waals surface area contributed by atoms with Crippen LogP contribution in [-0.4, -0.2) is 26.3 Å². The highest BCUT2D eigenvalue weighted by atomic mass is 32.2. The van der Waals surface area contributed by atoms with Gasteiger partial charge in [-0.2, -0.15) is 3.89 Å². The third-order valence-corrected chi connectivity index (χ3v) is 3.73. The number of carbonyl (C=O) groups excluding carboxylic acids is 1. The van der Waals surface area contributed by atoms with Crippen LogP contribution in [0.1, 0.15) is 15.9 Å². The second kappa shape index (κ2) is 7.60. The molecule has 1 aromatic heterocycles. The maximum absolute atomic E-state index is 12.4. The van der Waals surface area contributed by atoms with E-state index in [0.717, 1.165) is 11.1 Å². The van der Waals surface area contributed by atoms with Gasteiger partial charge in [0.15, 0.2) is 6.33 Å². The largest absolute Gasteiger partial charge is 0.348 e. The van der Waals surface area contributed by atoms with Crippen molar-refractivity contribution in [2.45, 2.75) is 11.4 Å². The molecule has 0 unspecified atom stereocenters. The molecule has 0 saturated heterocycles. The Labute approximate surface area is 141 Å². The van der Waals surface area contributed by atoms with Crippen LogP contribution in [-0.2, 0) is 6.54 Å². The summed E-state index contributed by atoms with van der Waals surface area (Å²) in [4.78, 5) is 12.5. The van der Waals surface area contributed by atoms with Crippen molar-refractivity contribution in [1.82, 2.24) is 25.7 Å². The maximum Gasteiger partial charge on any atom is 0.251 e. The van der Waals surface area contributed by atoms with Gasteiger partial charge in [0.1, 0.15) is 0 Å². The van der Waals surface area contributed by atoms with Gasteiger partial charge in [0.25, 0.3) is 5.91 Å². The van der Waals surface area contributed by atoms with E-state index in [9.17, 15) is 8.68 Å². The number of aromatic nitrogens is 4. The van der Waals surface area contributed by atoms with Gasteiger partial charge in [0.05, 0.1) is 12.1 Å². The number of nitrogens with zero attached hydrogens (tertiary/aromatic N) is 4. The summed E-state index contributed by atoms with van der Waals surface area (Å²) in [6.07, 6.45) is 1.27. The van der Waals surface area contributed by atoms with Gasteiger partial charge >= 0.3 is 0 Å². The van der Waals surface area contributed by atoms with Crippen LogP contribution < -0.4 is 5.32 Å². The van der Waals surface area contributed by atoms with Gasteiger partial charge in [0, 0.05) is 22.6 Å². The van der Waals surface area contributed by atoms with Gasteiger partial charge in [-0.15, -0.1) is 20.4 Å². The summed E-state index contributed by atoms with van der Waals surface area (Å²) < 4.78 is 12.4. The van der Waals surface area contributed by atoms with E-state index in [0.29, 0.717) is 22.8 Å². The Hall–Kier alpha value is -2.87. The second-order valence-electron chi connectivity index (χ2n) is 4.85. The first-order chi connectivity index (χ1) is 11.8. The number of rotatable bonds is 5. The summed E-state index contributed by atoms with van der Waals surface area (Å²) in [6.45, 7) is 0.380. The highest BCUT2D eigenvalue weighted by molar-refractivity contribution is 7.94. The minimum atomic E-state index is -0.214. The number of amides is 1. The monoisotopic (exact) mass is 341 g/mol. The molecule has 0 bridgehead atoms. The number of hydrogen-bond acceptors (Lipinski definition) is 6. The van der Waals surface area contributed by atoms with Gasteiger partial charge in [-0.1, -0.05) is 24.3 Å². The molecule has 0 saturated carbocycles. The SMILES string of the molecule is O=C(NCc1ccc(-c2nncnn2)cc1)c1ccc(SF)cc1. The number of nitrogens with one attached hydrogen (secondary N) is 1. The van der Waals surface area contributed by atoms with Gasteiger partial charge in [0.2, 0.25) is 5.82 Å². The number of carbonyl (C=O) groups is 1. The Balaban J connectivity index is 1.61. The van der Waals surface area contributed by atoms with E-state index in [1.807, 2.05) is 24.3 Å². The van der Waals surface area contributed by atoms with Crippen LogP contribution in [0.3, 0.4) is 0 Å². The first-order valence-electron chi connectivity index (χ1n) is 7.03. The van der Waals surface area contributed by atoms with Gasteiger partial charge in [-0.05, 0) is 29.8 Å². The molecule has 8 heteroatoms. The summed E-state index contributed by atoms with van der Waals surface area (Å²) in [7, 11) is 0. The highest BCUT2D eigenvalue weighted by Crippen LogP contribution is 2.19. The zero-order valence-electron chi connectivity index (χ0n) is 12.4. The van der Waals surface area contributed by atoms with Crippen LogP contribution in [0.5, 0.6) is 0 Å². The average Bonchev–Trinajstić information content (AvgIpc) is 2.67. The van der Waals surface area contributed by atoms with Crippen LogP contribution in [0.25, 0.3) is 11.4 Å². The van der Waals surface area contributed by atoms with E-state index in [-0.39, 0.29) is 18.1 Å². The van der Waals surface area contributed by atoms with Crippen LogP contribution in [0.4, 0.5) is 3.89 Å². The number of benzene rings is 2. The van der Waals surface area contributed by atoms with E-state index in [1.165, 1.54) is 6.33 Å². The fourth-order valence-electron chi connectivity index (χ4n) is 2.03. The molecule has 3 aromatic rings. The first kappa shape index (κ1) is 16.0. The standard InChI is InChI=1S/C16H12FN5OS/c17-24-14-7-5-13(6-8-14)16(23)18-9-11-1-3-12(4-2-11)15-21-19-10-20-22-15/h1-8,10H,9H2,(H,18,23). The maximum atomic E-state index is 12.4. The van der Waals surface area contributed by atoms with Gasteiger partial charge < -0.3 is 5.32 Å². The highest BCUT2D eigenvalue weighted by Gasteiger charge is 2.06. The second-order valence-corrected chi connectivity index (χ2v) is 5.48. The fourth-order valence-corrected chi connectivity index (χ4v) is 2.27. The predicted octanol–water partition coefficient (Wildman–Crippen LogP) is 2.84. The van der Waals surface area contributed by atoms with Crippen LogP contribution in [0, 0.1) is 0 Å². The van der Waals surface area contributed by atoms with Crippen molar-refractivity contribution >= 4 is 18.1 Å². The molecular weight excluding hydrogens is 329 g/mol. The molecule has 1 amide bonds. The molecule has 2 aromatic carbocycles. The van der Waals surface area contributed by atoms with Crippen molar-refractivity contribution in [2.24, 2.45) is 0 Å². The lowest BCUT2D eigenvalue weighted by Gasteiger charge is -2.06. The molecular formula is C16H12FN5OS. The van der Waals surface area contributed by atoms with E-state index < -0.39 is 0 Å². The molecule has 0 aliphatic heterocycles. The van der Waals surface area contributed by atoms with Gasteiger partial charge in [-0.3, -0.25) is 4.79 Å². The van der Waals surface area contributed by atoms with Crippen molar-refractivity contribution in [3.05, 3.63) is 66.0 Å². The lowest BCUT2D eigenvalue weighted by Crippen LogP contribution is -2.22. The fraction of sp³-hybridized carbons (Fsp3) is 0.0625. The molecule has 0 atom stereocenters. The zero-order chi connectivity index (χ0) is 16.8. The molecule has 3 rings (SSSR count). The average molecular weight is 341 g/mol. The van der Waals surface area contributed by atoms with E-state index >= 15 is 0 Å². The number of hydrogen-bond donors (Lipinski definition) is 1. The third kappa shape index (κ3) is 3.90. The Kier molecular flexibility index (Phi) is 5.07. The summed E-state index contributed by atoms with van der Waals surface area (Å²) in [5.74, 6) is 0.230. The predicted molar refractivity (Wildman–Crippen MR) is 87.6 cm³/mol. The molecule has 0 aliphatic carbocycles. The first-order valence-corrected chi connectivity index (χ1v) is 7.74. The third-order valence-electron chi connectivity index (χ3n) is 3.28. The van der Waals surface area contributed by atoms with E-state index in [4.69, 9.17) is 0 Å². The van der Waals surface area contributed by atoms with Crippen molar-refractivity contribution in [3.8, 4) is 11.4 Å². The van der Waals surface area contributed by atoms with E-state index in [2.05, 4.69) is 25.7 Å². The number of halogens is 1.